The molecule has 0 atom stereocenters. The minimum atomic E-state index is -0.445. The number of nitrogens with one attached hydrogen (secondary N) is 1. The predicted octanol–water partition coefficient (Wildman–Crippen LogP) is 6.85. The average Bonchev–Trinajstić information content (AvgIpc) is 3.13. The highest BCUT2D eigenvalue weighted by Gasteiger charge is 2.14. The maximum Gasteiger partial charge on any atom is 0.266 e. The lowest BCUT2D eigenvalue weighted by molar-refractivity contribution is -0.112. The summed E-state index contributed by atoms with van der Waals surface area (Å²) in [4.78, 5) is 12.8. The molecule has 0 fully saturated rings. The summed E-state index contributed by atoms with van der Waals surface area (Å²) in [7, 11) is 0. The van der Waals surface area contributed by atoms with Gasteiger partial charge in [-0.1, -0.05) is 65.7 Å². The van der Waals surface area contributed by atoms with Crippen LogP contribution in [0, 0.1) is 18.3 Å². The topological polar surface area (TPSA) is 57.8 Å². The van der Waals surface area contributed by atoms with Gasteiger partial charge in [0.15, 0.2) is 0 Å². The van der Waals surface area contributed by atoms with Crippen LogP contribution in [0.4, 0.5) is 5.69 Å². The maximum atomic E-state index is 12.8. The highest BCUT2D eigenvalue weighted by atomic mass is 35.5. The van der Waals surface area contributed by atoms with Gasteiger partial charge >= 0.3 is 0 Å². The Balaban J connectivity index is 1.70. The molecule has 1 aromatic heterocycles. The fraction of sp³-hybridized carbons (Fsp3) is 0.0769. The molecular formula is C26H19Cl2N3O. The number of rotatable bonds is 5. The second-order valence-corrected chi connectivity index (χ2v) is 8.25. The molecular weight excluding hydrogens is 441 g/mol. The van der Waals surface area contributed by atoms with E-state index < -0.39 is 5.91 Å². The summed E-state index contributed by atoms with van der Waals surface area (Å²) in [5.74, 6) is -0.445. The Morgan fingerprint density at radius 2 is 1.84 bits per heavy atom. The summed E-state index contributed by atoms with van der Waals surface area (Å²) in [5.41, 5.74) is 4.31. The van der Waals surface area contributed by atoms with Crippen LogP contribution in [0.15, 0.2) is 78.5 Å². The first-order valence-corrected chi connectivity index (χ1v) is 10.7. The van der Waals surface area contributed by atoms with Gasteiger partial charge in [-0.2, -0.15) is 5.26 Å². The average molecular weight is 460 g/mol. The van der Waals surface area contributed by atoms with E-state index in [1.54, 1.807) is 18.2 Å². The van der Waals surface area contributed by atoms with E-state index >= 15 is 0 Å². The number of aryl methyl sites for hydroxylation is 1. The number of amides is 1. The summed E-state index contributed by atoms with van der Waals surface area (Å²) in [5, 5.41) is 14.6. The Labute approximate surface area is 196 Å². The fourth-order valence-corrected chi connectivity index (χ4v) is 4.03. The van der Waals surface area contributed by atoms with Gasteiger partial charge in [0, 0.05) is 44.9 Å². The number of nitrogens with zero attached hydrogens (tertiary/aromatic N) is 2. The van der Waals surface area contributed by atoms with E-state index in [4.69, 9.17) is 23.2 Å². The van der Waals surface area contributed by atoms with E-state index in [-0.39, 0.29) is 5.57 Å². The Bertz CT molecular complexity index is 1400. The molecule has 0 radical (unpaired) electrons. The second kappa shape index (κ2) is 9.32. The number of aromatic nitrogens is 1. The van der Waals surface area contributed by atoms with Gasteiger partial charge in [-0.15, -0.1) is 0 Å². The van der Waals surface area contributed by atoms with Crippen molar-refractivity contribution in [3.8, 4) is 6.07 Å². The van der Waals surface area contributed by atoms with Gasteiger partial charge in [0.05, 0.1) is 0 Å². The number of hydrogen-bond acceptors (Lipinski definition) is 2. The van der Waals surface area contributed by atoms with Crippen molar-refractivity contribution in [1.82, 2.24) is 4.57 Å². The zero-order valence-electron chi connectivity index (χ0n) is 17.3. The number of anilines is 1. The van der Waals surface area contributed by atoms with Gasteiger partial charge < -0.3 is 9.88 Å². The van der Waals surface area contributed by atoms with E-state index in [0.29, 0.717) is 22.3 Å². The SMILES string of the molecule is Cc1ccccc1NC(=O)/C(C#N)=C/c1cn(Cc2ccc(Cl)cc2Cl)c2ccccc12. The summed E-state index contributed by atoms with van der Waals surface area (Å²) >= 11 is 12.4. The van der Waals surface area contributed by atoms with Crippen LogP contribution in [0.2, 0.25) is 10.0 Å². The van der Waals surface area contributed by atoms with Crippen LogP contribution >= 0.6 is 23.2 Å². The molecule has 4 nitrogen and oxygen atoms in total. The van der Waals surface area contributed by atoms with Gasteiger partial charge in [-0.05, 0) is 48.4 Å². The zero-order valence-corrected chi connectivity index (χ0v) is 18.8. The van der Waals surface area contributed by atoms with Crippen molar-refractivity contribution in [1.29, 1.82) is 5.26 Å². The van der Waals surface area contributed by atoms with Crippen molar-refractivity contribution in [2.45, 2.75) is 13.5 Å². The summed E-state index contributed by atoms with van der Waals surface area (Å²) < 4.78 is 2.05. The number of halogens is 2. The Kier molecular flexibility index (Phi) is 6.32. The smallest absolute Gasteiger partial charge is 0.266 e. The number of carbonyl (C=O) groups is 1. The molecule has 0 aliphatic rings. The normalized spacial score (nSPS) is 11.4. The molecule has 32 heavy (non-hydrogen) atoms. The molecule has 1 heterocycles. The van der Waals surface area contributed by atoms with E-state index in [2.05, 4.69) is 5.32 Å². The van der Waals surface area contributed by atoms with Crippen molar-refractivity contribution in [2.75, 3.05) is 5.32 Å². The van der Waals surface area contributed by atoms with Crippen LogP contribution in [-0.2, 0) is 11.3 Å². The summed E-state index contributed by atoms with van der Waals surface area (Å²) in [6.45, 7) is 2.43. The monoisotopic (exact) mass is 459 g/mol. The van der Waals surface area contributed by atoms with Crippen LogP contribution in [0.5, 0.6) is 0 Å². The molecule has 0 aliphatic carbocycles. The van der Waals surface area contributed by atoms with Crippen molar-refractivity contribution in [3.63, 3.8) is 0 Å². The second-order valence-electron chi connectivity index (χ2n) is 7.40. The van der Waals surface area contributed by atoms with Crippen molar-refractivity contribution < 1.29 is 4.79 Å². The van der Waals surface area contributed by atoms with Crippen LogP contribution in [0.25, 0.3) is 17.0 Å². The Hall–Kier alpha value is -3.52. The van der Waals surface area contributed by atoms with Gasteiger partial charge in [0.25, 0.3) is 5.91 Å². The first-order valence-electron chi connectivity index (χ1n) is 9.97. The first-order chi connectivity index (χ1) is 15.5. The van der Waals surface area contributed by atoms with E-state index in [9.17, 15) is 10.1 Å². The minimum absolute atomic E-state index is 0.0284. The molecule has 0 aliphatic heterocycles. The number of fused-ring (bicyclic) bond motifs is 1. The third-order valence-electron chi connectivity index (χ3n) is 5.23. The zero-order chi connectivity index (χ0) is 22.7. The highest BCUT2D eigenvalue weighted by Crippen LogP contribution is 2.27. The van der Waals surface area contributed by atoms with Crippen LogP contribution < -0.4 is 5.32 Å². The van der Waals surface area contributed by atoms with Gasteiger partial charge in [-0.25, -0.2) is 0 Å². The molecule has 1 amide bonds. The highest BCUT2D eigenvalue weighted by molar-refractivity contribution is 6.35. The molecule has 0 bridgehead atoms. The number of para-hydroxylation sites is 2. The lowest BCUT2D eigenvalue weighted by Gasteiger charge is -2.08. The molecule has 158 valence electrons. The quantitative estimate of drug-likeness (QED) is 0.262. The number of benzene rings is 3. The Morgan fingerprint density at radius 1 is 1.09 bits per heavy atom. The lowest BCUT2D eigenvalue weighted by atomic mass is 10.1. The summed E-state index contributed by atoms with van der Waals surface area (Å²) in [6, 6.07) is 22.7. The van der Waals surface area contributed by atoms with Crippen molar-refractivity contribution >= 4 is 51.8 Å². The van der Waals surface area contributed by atoms with E-state index in [1.165, 1.54) is 0 Å². The Morgan fingerprint density at radius 3 is 2.59 bits per heavy atom. The minimum Gasteiger partial charge on any atom is -0.342 e. The first kappa shape index (κ1) is 21.7. The third-order valence-corrected chi connectivity index (χ3v) is 5.82. The molecule has 1 N–H and O–H groups in total. The van der Waals surface area contributed by atoms with E-state index in [1.807, 2.05) is 78.4 Å². The fourth-order valence-electron chi connectivity index (χ4n) is 3.56. The lowest BCUT2D eigenvalue weighted by Crippen LogP contribution is -2.14. The molecule has 0 saturated carbocycles. The number of nitriles is 1. The molecule has 0 spiro atoms. The largest absolute Gasteiger partial charge is 0.342 e. The summed E-state index contributed by atoms with van der Waals surface area (Å²) in [6.07, 6.45) is 3.55. The molecule has 6 heteroatoms. The third kappa shape index (κ3) is 4.55. The number of carbonyl (C=O) groups excluding carboxylic acids is 1. The van der Waals surface area contributed by atoms with Gasteiger partial charge in [0.1, 0.15) is 11.6 Å². The molecule has 4 aromatic rings. The van der Waals surface area contributed by atoms with Crippen molar-refractivity contribution in [3.05, 3.63) is 105 Å². The standard InChI is InChI=1S/C26H19Cl2N3O/c1-17-6-2-4-8-24(17)30-26(32)19(14-29)12-20-16-31(25-9-5-3-7-22(20)25)15-18-10-11-21(27)13-23(18)28/h2-13,16H,15H2,1H3,(H,30,32)/b19-12+. The van der Waals surface area contributed by atoms with Gasteiger partial charge in [-0.3, -0.25) is 4.79 Å². The molecule has 0 saturated heterocycles. The predicted molar refractivity (Wildman–Crippen MR) is 131 cm³/mol. The van der Waals surface area contributed by atoms with Crippen LogP contribution in [-0.4, -0.2) is 10.5 Å². The van der Waals surface area contributed by atoms with E-state index in [0.717, 1.165) is 27.6 Å². The number of hydrogen-bond donors (Lipinski definition) is 1. The molecule has 0 unspecified atom stereocenters. The molecule has 3 aromatic carbocycles. The van der Waals surface area contributed by atoms with Crippen molar-refractivity contribution in [2.24, 2.45) is 0 Å². The maximum absolute atomic E-state index is 12.8. The molecule has 4 rings (SSSR count). The van der Waals surface area contributed by atoms with Crippen LogP contribution in [0.1, 0.15) is 16.7 Å². The van der Waals surface area contributed by atoms with Gasteiger partial charge in [0.2, 0.25) is 0 Å². The van der Waals surface area contributed by atoms with Crippen LogP contribution in [0.3, 0.4) is 0 Å².